The summed E-state index contributed by atoms with van der Waals surface area (Å²) in [5.41, 5.74) is 0.779. The molecule has 1 aliphatic rings. The lowest BCUT2D eigenvalue weighted by atomic mass is 10.1. The summed E-state index contributed by atoms with van der Waals surface area (Å²) in [4.78, 5) is 50.2. The van der Waals surface area contributed by atoms with E-state index in [4.69, 9.17) is 4.74 Å². The number of imide groups is 1. The summed E-state index contributed by atoms with van der Waals surface area (Å²) in [6.45, 7) is 1.18. The van der Waals surface area contributed by atoms with E-state index in [1.807, 2.05) is 0 Å². The number of hydrogen-bond acceptors (Lipinski definition) is 7. The number of benzene rings is 2. The van der Waals surface area contributed by atoms with E-state index in [1.165, 1.54) is 45.3 Å². The Morgan fingerprint density at radius 1 is 1.03 bits per heavy atom. The summed E-state index contributed by atoms with van der Waals surface area (Å²) in [5, 5.41) is 2.50. The van der Waals surface area contributed by atoms with Gasteiger partial charge in [-0.25, -0.2) is 12.7 Å². The summed E-state index contributed by atoms with van der Waals surface area (Å²) in [6.07, 6.45) is -1.46. The number of hydrogen-bond donors (Lipinski definition) is 1. The van der Waals surface area contributed by atoms with Crippen molar-refractivity contribution in [2.24, 2.45) is 0 Å². The van der Waals surface area contributed by atoms with Crippen LogP contribution in [0.2, 0.25) is 0 Å². The molecule has 0 radical (unpaired) electrons. The van der Waals surface area contributed by atoms with Gasteiger partial charge in [-0.2, -0.15) is 0 Å². The second kappa shape index (κ2) is 9.51. The molecular formula is C22H23N3O7S. The first-order valence-corrected chi connectivity index (χ1v) is 11.4. The van der Waals surface area contributed by atoms with Gasteiger partial charge in [0.2, 0.25) is 10.0 Å². The van der Waals surface area contributed by atoms with Gasteiger partial charge < -0.3 is 10.1 Å². The van der Waals surface area contributed by atoms with Crippen LogP contribution in [0.4, 0.5) is 5.69 Å². The minimum Gasteiger partial charge on any atom is -0.452 e. The van der Waals surface area contributed by atoms with Crippen LogP contribution in [0, 0.1) is 0 Å². The van der Waals surface area contributed by atoms with Gasteiger partial charge in [0.25, 0.3) is 17.7 Å². The number of carbonyl (C=O) groups excluding carboxylic acids is 4. The fourth-order valence-corrected chi connectivity index (χ4v) is 4.09. The molecule has 1 heterocycles. The lowest BCUT2D eigenvalue weighted by Gasteiger charge is -2.16. The van der Waals surface area contributed by atoms with E-state index in [9.17, 15) is 27.6 Å². The topological polar surface area (TPSA) is 130 Å². The molecule has 1 atom stereocenters. The first-order valence-electron chi connectivity index (χ1n) is 10.0. The summed E-state index contributed by atoms with van der Waals surface area (Å²) >= 11 is 0. The zero-order valence-electron chi connectivity index (χ0n) is 18.3. The highest BCUT2D eigenvalue weighted by Crippen LogP contribution is 2.22. The Morgan fingerprint density at radius 2 is 1.64 bits per heavy atom. The van der Waals surface area contributed by atoms with Gasteiger partial charge in [-0.15, -0.1) is 0 Å². The number of ether oxygens (including phenoxy) is 1. The maximum absolute atomic E-state index is 12.4. The van der Waals surface area contributed by atoms with Gasteiger partial charge in [-0.05, 0) is 37.3 Å². The zero-order chi connectivity index (χ0) is 24.3. The Hall–Kier alpha value is -3.57. The normalized spacial score (nSPS) is 14.2. The summed E-state index contributed by atoms with van der Waals surface area (Å²) in [7, 11) is -0.896. The molecule has 0 aliphatic carbocycles. The highest BCUT2D eigenvalue weighted by molar-refractivity contribution is 7.89. The molecule has 10 nitrogen and oxygen atoms in total. The molecule has 2 aromatic rings. The molecule has 0 bridgehead atoms. The highest BCUT2D eigenvalue weighted by Gasteiger charge is 2.35. The standard InChI is InChI=1S/C22H23N3O7S/c1-14(20(27)23-15-7-6-8-16(13-15)33(30,31)24(2)3)32-19(26)11-12-25-21(28)17-9-4-5-10-18(17)22(25)29/h4-10,13-14H,11-12H2,1-3H3,(H,23,27)/t14-/m1/s1. The number of rotatable bonds is 8. The van der Waals surface area contributed by atoms with Crippen LogP contribution in [0.3, 0.4) is 0 Å². The van der Waals surface area contributed by atoms with Crippen molar-refractivity contribution in [3.63, 3.8) is 0 Å². The van der Waals surface area contributed by atoms with Crippen molar-refractivity contribution in [1.82, 2.24) is 9.21 Å². The molecule has 11 heteroatoms. The lowest BCUT2D eigenvalue weighted by Crippen LogP contribution is -2.34. The maximum atomic E-state index is 12.4. The van der Waals surface area contributed by atoms with Crippen molar-refractivity contribution >= 4 is 39.4 Å². The Bertz CT molecular complexity index is 1190. The number of sulfonamides is 1. The number of carbonyl (C=O) groups is 4. The summed E-state index contributed by atoms with van der Waals surface area (Å²) < 4.78 is 30.6. The van der Waals surface area contributed by atoms with Crippen molar-refractivity contribution in [2.45, 2.75) is 24.3 Å². The van der Waals surface area contributed by atoms with E-state index in [1.54, 1.807) is 24.3 Å². The first-order chi connectivity index (χ1) is 15.5. The molecule has 0 saturated heterocycles. The van der Waals surface area contributed by atoms with E-state index in [0.717, 1.165) is 9.21 Å². The molecule has 0 unspecified atom stereocenters. The van der Waals surface area contributed by atoms with Gasteiger partial charge >= 0.3 is 5.97 Å². The zero-order valence-corrected chi connectivity index (χ0v) is 19.1. The summed E-state index contributed by atoms with van der Waals surface area (Å²) in [5.74, 6) is -2.40. The third-order valence-electron chi connectivity index (χ3n) is 4.98. The van der Waals surface area contributed by atoms with Gasteiger partial charge in [0.1, 0.15) is 0 Å². The van der Waals surface area contributed by atoms with Gasteiger partial charge in [-0.1, -0.05) is 18.2 Å². The Balaban J connectivity index is 1.55. The average molecular weight is 474 g/mol. The van der Waals surface area contributed by atoms with E-state index in [0.29, 0.717) is 0 Å². The fourth-order valence-electron chi connectivity index (χ4n) is 3.14. The molecule has 33 heavy (non-hydrogen) atoms. The predicted molar refractivity (Wildman–Crippen MR) is 118 cm³/mol. The number of esters is 1. The molecule has 0 fully saturated rings. The van der Waals surface area contributed by atoms with E-state index in [2.05, 4.69) is 5.32 Å². The largest absolute Gasteiger partial charge is 0.452 e. The molecule has 0 spiro atoms. The second-order valence-corrected chi connectivity index (χ2v) is 9.65. The van der Waals surface area contributed by atoms with Crippen LogP contribution >= 0.6 is 0 Å². The Kier molecular flexibility index (Phi) is 6.94. The molecule has 0 saturated carbocycles. The van der Waals surface area contributed by atoms with Crippen LogP contribution in [0.25, 0.3) is 0 Å². The van der Waals surface area contributed by atoms with Crippen molar-refractivity contribution in [3.8, 4) is 0 Å². The predicted octanol–water partition coefficient (Wildman–Crippen LogP) is 1.49. The highest BCUT2D eigenvalue weighted by atomic mass is 32.2. The number of fused-ring (bicyclic) bond motifs is 1. The van der Waals surface area contributed by atoms with Crippen LogP contribution in [0.5, 0.6) is 0 Å². The maximum Gasteiger partial charge on any atom is 0.308 e. The van der Waals surface area contributed by atoms with E-state index >= 15 is 0 Å². The minimum absolute atomic E-state index is 0.00380. The second-order valence-electron chi connectivity index (χ2n) is 7.49. The van der Waals surface area contributed by atoms with E-state index in [-0.39, 0.29) is 34.7 Å². The van der Waals surface area contributed by atoms with Crippen molar-refractivity contribution in [1.29, 1.82) is 0 Å². The van der Waals surface area contributed by atoms with Crippen LogP contribution in [-0.4, -0.2) is 68.1 Å². The molecule has 3 amide bonds. The monoisotopic (exact) mass is 473 g/mol. The average Bonchev–Trinajstić information content (AvgIpc) is 3.02. The minimum atomic E-state index is -3.68. The van der Waals surface area contributed by atoms with Gasteiger partial charge in [0.15, 0.2) is 6.10 Å². The Morgan fingerprint density at radius 3 is 2.21 bits per heavy atom. The third-order valence-corrected chi connectivity index (χ3v) is 6.79. The van der Waals surface area contributed by atoms with E-state index < -0.39 is 39.8 Å². The molecule has 1 aliphatic heterocycles. The quantitative estimate of drug-likeness (QED) is 0.454. The Labute approximate surface area is 191 Å². The van der Waals surface area contributed by atoms with Crippen molar-refractivity contribution in [2.75, 3.05) is 26.0 Å². The lowest BCUT2D eigenvalue weighted by molar-refractivity contribution is -0.153. The molecule has 3 rings (SSSR count). The van der Waals surface area contributed by atoms with Crippen LogP contribution < -0.4 is 5.32 Å². The van der Waals surface area contributed by atoms with Crippen molar-refractivity contribution < 1.29 is 32.3 Å². The van der Waals surface area contributed by atoms with Crippen LogP contribution in [-0.2, 0) is 24.3 Å². The molecule has 0 aromatic heterocycles. The number of nitrogens with one attached hydrogen (secondary N) is 1. The third kappa shape index (κ3) is 5.10. The first kappa shape index (κ1) is 24.1. The van der Waals surface area contributed by atoms with Gasteiger partial charge in [-0.3, -0.25) is 24.1 Å². The number of nitrogens with zero attached hydrogens (tertiary/aromatic N) is 2. The molecule has 1 N–H and O–H groups in total. The number of anilines is 1. The molecule has 174 valence electrons. The fraction of sp³-hybridized carbons (Fsp3) is 0.273. The number of amides is 3. The molecule has 2 aromatic carbocycles. The SMILES string of the molecule is C[C@@H](OC(=O)CCN1C(=O)c2ccccc2C1=O)C(=O)Nc1cccc(S(=O)(=O)N(C)C)c1. The van der Waals surface area contributed by atoms with Gasteiger partial charge in [0.05, 0.1) is 22.4 Å². The summed E-state index contributed by atoms with van der Waals surface area (Å²) in [6, 6.07) is 12.0. The van der Waals surface area contributed by atoms with Gasteiger partial charge in [0, 0.05) is 26.3 Å². The van der Waals surface area contributed by atoms with Crippen molar-refractivity contribution in [3.05, 3.63) is 59.7 Å². The van der Waals surface area contributed by atoms with Crippen LogP contribution in [0.15, 0.2) is 53.4 Å². The smallest absolute Gasteiger partial charge is 0.308 e. The van der Waals surface area contributed by atoms with Crippen LogP contribution in [0.1, 0.15) is 34.1 Å². The molecular weight excluding hydrogens is 450 g/mol.